The van der Waals surface area contributed by atoms with E-state index in [0.717, 1.165) is 53.2 Å². The summed E-state index contributed by atoms with van der Waals surface area (Å²) in [5.74, 6) is 1.32. The van der Waals surface area contributed by atoms with Crippen LogP contribution in [0.2, 0.25) is 0 Å². The highest BCUT2D eigenvalue weighted by atomic mass is 16.5. The van der Waals surface area contributed by atoms with Crippen LogP contribution < -0.4 is 10.4 Å². The van der Waals surface area contributed by atoms with E-state index in [2.05, 4.69) is 34.6 Å². The van der Waals surface area contributed by atoms with Crippen molar-refractivity contribution in [2.75, 3.05) is 0 Å². The summed E-state index contributed by atoms with van der Waals surface area (Å²) >= 11 is 0. The van der Waals surface area contributed by atoms with Gasteiger partial charge in [0.15, 0.2) is 0 Å². The van der Waals surface area contributed by atoms with Crippen molar-refractivity contribution in [1.82, 2.24) is 29.6 Å². The zero-order valence-electron chi connectivity index (χ0n) is 18.5. The van der Waals surface area contributed by atoms with Crippen LogP contribution in [-0.4, -0.2) is 29.6 Å². The van der Waals surface area contributed by atoms with Crippen LogP contribution in [0.25, 0.3) is 16.9 Å². The molecule has 164 valence electrons. The number of rotatable bonds is 7. The van der Waals surface area contributed by atoms with E-state index in [1.165, 1.54) is 14.9 Å². The van der Waals surface area contributed by atoms with Crippen molar-refractivity contribution in [2.45, 2.75) is 45.8 Å². The monoisotopic (exact) mass is 430 g/mol. The summed E-state index contributed by atoms with van der Waals surface area (Å²) in [6.45, 7) is 5.31. The molecule has 32 heavy (non-hydrogen) atoms. The number of benzene rings is 2. The summed E-state index contributed by atoms with van der Waals surface area (Å²) in [6.07, 6.45) is 4.30. The summed E-state index contributed by atoms with van der Waals surface area (Å²) in [6, 6.07) is 14.1. The van der Waals surface area contributed by atoms with Crippen LogP contribution in [0.3, 0.4) is 0 Å². The number of tetrazole rings is 1. The van der Waals surface area contributed by atoms with Crippen molar-refractivity contribution in [2.24, 2.45) is 7.05 Å². The van der Waals surface area contributed by atoms with Gasteiger partial charge in [-0.25, -0.2) is 4.79 Å². The number of aromatic nitrogens is 6. The van der Waals surface area contributed by atoms with Crippen LogP contribution in [-0.2, 0) is 20.2 Å². The molecular weight excluding hydrogens is 404 g/mol. The molecule has 0 bridgehead atoms. The fourth-order valence-corrected chi connectivity index (χ4v) is 4.00. The van der Waals surface area contributed by atoms with Crippen molar-refractivity contribution in [3.63, 3.8) is 0 Å². The van der Waals surface area contributed by atoms with E-state index in [-0.39, 0.29) is 5.69 Å². The minimum absolute atomic E-state index is 0.272. The summed E-state index contributed by atoms with van der Waals surface area (Å²) in [5.41, 5.74) is 5.72. The smallest absolute Gasteiger partial charge is 0.368 e. The van der Waals surface area contributed by atoms with Crippen molar-refractivity contribution >= 4 is 0 Å². The van der Waals surface area contributed by atoms with Crippen LogP contribution >= 0.6 is 0 Å². The summed E-state index contributed by atoms with van der Waals surface area (Å²) in [4.78, 5) is 12.5. The maximum atomic E-state index is 12.5. The topological polar surface area (TPSA) is 79.8 Å². The van der Waals surface area contributed by atoms with E-state index in [0.29, 0.717) is 12.5 Å². The number of hydrogen-bond acceptors (Lipinski definition) is 5. The zero-order chi connectivity index (χ0) is 22.2. The first-order valence-corrected chi connectivity index (χ1v) is 10.9. The summed E-state index contributed by atoms with van der Waals surface area (Å²) in [5, 5.41) is 12.5. The average molecular weight is 431 g/mol. The number of ether oxygens (including phenoxy) is 1. The molecule has 8 nitrogen and oxygen atoms in total. The van der Waals surface area contributed by atoms with Gasteiger partial charge < -0.3 is 4.74 Å². The summed E-state index contributed by atoms with van der Waals surface area (Å²) < 4.78 is 10.8. The second kappa shape index (κ2) is 8.11. The number of aryl methyl sites for hydroxylation is 3. The third-order valence-corrected chi connectivity index (χ3v) is 5.96. The molecule has 0 radical (unpaired) electrons. The van der Waals surface area contributed by atoms with Crippen LogP contribution in [0.4, 0.5) is 0 Å². The predicted molar refractivity (Wildman–Crippen MR) is 121 cm³/mol. The third kappa shape index (κ3) is 3.72. The second-order valence-corrected chi connectivity index (χ2v) is 8.24. The van der Waals surface area contributed by atoms with E-state index in [9.17, 15) is 4.79 Å². The van der Waals surface area contributed by atoms with E-state index >= 15 is 0 Å². The number of hydrogen-bond donors (Lipinski definition) is 0. The Morgan fingerprint density at radius 3 is 2.62 bits per heavy atom. The van der Waals surface area contributed by atoms with Gasteiger partial charge in [-0.3, -0.25) is 4.68 Å². The van der Waals surface area contributed by atoms with Crippen LogP contribution in [0.1, 0.15) is 42.4 Å². The molecule has 4 aromatic rings. The Bertz CT molecular complexity index is 1330. The third-order valence-electron chi connectivity index (χ3n) is 5.96. The van der Waals surface area contributed by atoms with Gasteiger partial charge in [0.05, 0.1) is 11.4 Å². The van der Waals surface area contributed by atoms with Crippen LogP contribution in [0.5, 0.6) is 5.75 Å². The highest BCUT2D eigenvalue weighted by molar-refractivity contribution is 5.61. The minimum atomic E-state index is -0.272. The van der Waals surface area contributed by atoms with Crippen molar-refractivity contribution < 1.29 is 4.74 Å². The molecule has 0 amide bonds. The highest BCUT2D eigenvalue weighted by Crippen LogP contribution is 2.43. The quantitative estimate of drug-likeness (QED) is 0.447. The number of nitrogens with zero attached hydrogens (tertiary/aromatic N) is 6. The molecule has 1 aliphatic carbocycles. The summed E-state index contributed by atoms with van der Waals surface area (Å²) in [7, 11) is 1.60. The molecule has 2 aromatic heterocycles. The first-order chi connectivity index (χ1) is 15.5. The molecule has 1 aliphatic rings. The fourth-order valence-electron chi connectivity index (χ4n) is 4.00. The lowest BCUT2D eigenvalue weighted by molar-refractivity contribution is 0.302. The molecule has 0 saturated heterocycles. The molecule has 8 heteroatoms. The second-order valence-electron chi connectivity index (χ2n) is 8.24. The average Bonchev–Trinajstić information content (AvgIpc) is 3.44. The maximum Gasteiger partial charge on any atom is 0.368 e. The Balaban J connectivity index is 1.44. The van der Waals surface area contributed by atoms with Gasteiger partial charge in [-0.05, 0) is 84.5 Å². The van der Waals surface area contributed by atoms with E-state index in [1.807, 2.05) is 48.1 Å². The van der Waals surface area contributed by atoms with Gasteiger partial charge in [-0.2, -0.15) is 14.5 Å². The predicted octanol–water partition coefficient (Wildman–Crippen LogP) is 3.61. The van der Waals surface area contributed by atoms with Gasteiger partial charge >= 0.3 is 5.69 Å². The molecule has 2 heterocycles. The van der Waals surface area contributed by atoms with Gasteiger partial charge in [0.2, 0.25) is 0 Å². The zero-order valence-corrected chi connectivity index (χ0v) is 18.5. The van der Waals surface area contributed by atoms with Gasteiger partial charge in [0.1, 0.15) is 12.4 Å². The largest absolute Gasteiger partial charge is 0.489 e. The van der Waals surface area contributed by atoms with Crippen molar-refractivity contribution in [1.29, 1.82) is 0 Å². The van der Waals surface area contributed by atoms with Gasteiger partial charge in [-0.1, -0.05) is 12.1 Å². The molecule has 0 unspecified atom stereocenters. The lowest BCUT2D eigenvalue weighted by Gasteiger charge is -2.16. The van der Waals surface area contributed by atoms with Gasteiger partial charge in [-0.15, -0.1) is 0 Å². The first-order valence-electron chi connectivity index (χ1n) is 10.9. The Morgan fingerprint density at radius 1 is 1.12 bits per heavy atom. The molecule has 1 fully saturated rings. The Labute approximate surface area is 186 Å². The molecule has 2 aromatic carbocycles. The Morgan fingerprint density at radius 2 is 1.97 bits per heavy atom. The fraction of sp³-hybridized carbons (Fsp3) is 0.333. The van der Waals surface area contributed by atoms with E-state index in [1.54, 1.807) is 7.05 Å². The Hall–Kier alpha value is -3.68. The highest BCUT2D eigenvalue weighted by Gasteiger charge is 2.28. The SMILES string of the molecule is CCn1ccc(-c2ccc(OCc3c(C4CC4)cccc3-n3nnn(C)c3=O)c(C)c2)n1. The molecule has 0 aliphatic heterocycles. The molecule has 0 N–H and O–H groups in total. The molecule has 1 saturated carbocycles. The van der Waals surface area contributed by atoms with E-state index < -0.39 is 0 Å². The van der Waals surface area contributed by atoms with Crippen LogP contribution in [0.15, 0.2) is 53.5 Å². The van der Waals surface area contributed by atoms with Gasteiger partial charge in [0, 0.05) is 30.9 Å². The molecule has 0 spiro atoms. The van der Waals surface area contributed by atoms with Crippen LogP contribution in [0, 0.1) is 6.92 Å². The van der Waals surface area contributed by atoms with Crippen molar-refractivity contribution in [3.8, 4) is 22.7 Å². The normalized spacial score (nSPS) is 13.5. The van der Waals surface area contributed by atoms with E-state index in [4.69, 9.17) is 4.74 Å². The molecule has 0 atom stereocenters. The first kappa shape index (κ1) is 20.2. The van der Waals surface area contributed by atoms with Gasteiger partial charge in [0.25, 0.3) is 0 Å². The maximum absolute atomic E-state index is 12.5. The standard InChI is InChI=1S/C24H26N6O2/c1-4-29-13-12-21(25-29)18-10-11-23(16(2)14-18)32-15-20-19(17-8-9-17)6-5-7-22(20)30-24(31)28(3)26-27-30/h5-7,10-14,17H,4,8-9,15H2,1-3H3. The lowest BCUT2D eigenvalue weighted by atomic mass is 10.0. The lowest BCUT2D eigenvalue weighted by Crippen LogP contribution is -2.23. The minimum Gasteiger partial charge on any atom is -0.489 e. The molecular formula is C24H26N6O2. The Kier molecular flexibility index (Phi) is 5.13. The van der Waals surface area contributed by atoms with Crippen molar-refractivity contribution in [3.05, 3.63) is 75.8 Å². The molecule has 5 rings (SSSR count).